The molecule has 17 heavy (non-hydrogen) atoms. The van der Waals surface area contributed by atoms with Crippen LogP contribution in [0, 0.1) is 0 Å². The van der Waals surface area contributed by atoms with E-state index in [4.69, 9.17) is 9.56 Å². The SMILES string of the molecule is NS(=O)(=O)[C@@H]1CCCN(C(=O)c2ccoc2)C1. The minimum absolute atomic E-state index is 0.156. The molecule has 1 saturated heterocycles. The first kappa shape index (κ1) is 12.1. The number of sulfonamides is 1. The van der Waals surface area contributed by atoms with E-state index < -0.39 is 15.3 Å². The molecule has 1 fully saturated rings. The highest BCUT2D eigenvalue weighted by Gasteiger charge is 2.30. The Labute approximate surface area is 99.4 Å². The van der Waals surface area contributed by atoms with E-state index in [1.165, 1.54) is 17.4 Å². The van der Waals surface area contributed by atoms with Crippen LogP contribution in [0.2, 0.25) is 0 Å². The van der Waals surface area contributed by atoms with Gasteiger partial charge in [0.05, 0.1) is 17.1 Å². The molecule has 1 aromatic rings. The molecule has 1 amide bonds. The minimum Gasteiger partial charge on any atom is -0.472 e. The van der Waals surface area contributed by atoms with Crippen molar-refractivity contribution in [2.24, 2.45) is 5.14 Å². The number of hydrogen-bond acceptors (Lipinski definition) is 4. The van der Waals surface area contributed by atoms with Gasteiger partial charge in [0.1, 0.15) is 6.26 Å². The van der Waals surface area contributed by atoms with Gasteiger partial charge in [0.2, 0.25) is 10.0 Å². The fraction of sp³-hybridized carbons (Fsp3) is 0.500. The Morgan fingerprint density at radius 1 is 1.53 bits per heavy atom. The number of hydrogen-bond donors (Lipinski definition) is 1. The predicted octanol–water partition coefficient (Wildman–Crippen LogP) is 0.173. The summed E-state index contributed by atoms with van der Waals surface area (Å²) in [7, 11) is -3.58. The number of piperidine rings is 1. The number of amides is 1. The Hall–Kier alpha value is -1.34. The number of rotatable bonds is 2. The smallest absolute Gasteiger partial charge is 0.257 e. The molecule has 1 aliphatic rings. The lowest BCUT2D eigenvalue weighted by molar-refractivity contribution is 0.0726. The summed E-state index contributed by atoms with van der Waals surface area (Å²) in [5.74, 6) is -0.216. The largest absolute Gasteiger partial charge is 0.472 e. The van der Waals surface area contributed by atoms with Crippen LogP contribution in [0.15, 0.2) is 23.0 Å². The molecule has 94 valence electrons. The monoisotopic (exact) mass is 258 g/mol. The zero-order chi connectivity index (χ0) is 12.5. The van der Waals surface area contributed by atoms with Crippen molar-refractivity contribution in [3.63, 3.8) is 0 Å². The lowest BCUT2D eigenvalue weighted by Crippen LogP contribution is -2.46. The van der Waals surface area contributed by atoms with Gasteiger partial charge in [-0.15, -0.1) is 0 Å². The van der Waals surface area contributed by atoms with Crippen molar-refractivity contribution in [1.82, 2.24) is 4.90 Å². The van der Waals surface area contributed by atoms with Gasteiger partial charge in [0.25, 0.3) is 5.91 Å². The lowest BCUT2D eigenvalue weighted by Gasteiger charge is -2.31. The van der Waals surface area contributed by atoms with Crippen LogP contribution in [0.25, 0.3) is 0 Å². The molecule has 2 rings (SSSR count). The molecule has 0 unspecified atom stereocenters. The average Bonchev–Trinajstić information content (AvgIpc) is 2.80. The van der Waals surface area contributed by atoms with E-state index in [2.05, 4.69) is 0 Å². The van der Waals surface area contributed by atoms with Gasteiger partial charge in [-0.05, 0) is 18.9 Å². The molecule has 0 aliphatic carbocycles. The van der Waals surface area contributed by atoms with Crippen LogP contribution in [0.3, 0.4) is 0 Å². The number of carbonyl (C=O) groups is 1. The number of nitrogens with zero attached hydrogens (tertiary/aromatic N) is 1. The zero-order valence-corrected chi connectivity index (χ0v) is 10.0. The summed E-state index contributed by atoms with van der Waals surface area (Å²) >= 11 is 0. The van der Waals surface area contributed by atoms with Crippen LogP contribution in [0.4, 0.5) is 0 Å². The number of furan rings is 1. The molecule has 0 saturated carbocycles. The van der Waals surface area contributed by atoms with Crippen molar-refractivity contribution >= 4 is 15.9 Å². The van der Waals surface area contributed by atoms with Crippen LogP contribution in [0.5, 0.6) is 0 Å². The van der Waals surface area contributed by atoms with Gasteiger partial charge in [-0.1, -0.05) is 0 Å². The quantitative estimate of drug-likeness (QED) is 0.818. The Bertz CT molecular complexity index is 494. The maximum Gasteiger partial charge on any atom is 0.257 e. The van der Waals surface area contributed by atoms with E-state index in [1.54, 1.807) is 6.07 Å². The number of carbonyl (C=O) groups excluding carboxylic acids is 1. The van der Waals surface area contributed by atoms with Crippen molar-refractivity contribution in [3.05, 3.63) is 24.2 Å². The number of nitrogens with two attached hydrogens (primary N) is 1. The molecule has 0 radical (unpaired) electrons. The standard InChI is InChI=1S/C10H14N2O4S/c11-17(14,15)9-2-1-4-12(6-9)10(13)8-3-5-16-7-8/h3,5,7,9H,1-2,4,6H2,(H2,11,14,15)/t9-/m1/s1. The topological polar surface area (TPSA) is 93.6 Å². The highest BCUT2D eigenvalue weighted by Crippen LogP contribution is 2.17. The van der Waals surface area contributed by atoms with E-state index in [0.29, 0.717) is 24.9 Å². The van der Waals surface area contributed by atoms with Crippen molar-refractivity contribution in [2.45, 2.75) is 18.1 Å². The van der Waals surface area contributed by atoms with E-state index in [1.807, 2.05) is 0 Å². The summed E-state index contributed by atoms with van der Waals surface area (Å²) in [6, 6.07) is 1.56. The van der Waals surface area contributed by atoms with Crippen LogP contribution in [0.1, 0.15) is 23.2 Å². The second-order valence-corrected chi connectivity index (χ2v) is 5.96. The van der Waals surface area contributed by atoms with Crippen molar-refractivity contribution in [3.8, 4) is 0 Å². The molecule has 1 aromatic heterocycles. The second-order valence-electron chi connectivity index (χ2n) is 4.12. The maximum atomic E-state index is 12.0. The van der Waals surface area contributed by atoms with Gasteiger partial charge in [0.15, 0.2) is 0 Å². The van der Waals surface area contributed by atoms with E-state index in [9.17, 15) is 13.2 Å². The predicted molar refractivity (Wildman–Crippen MR) is 60.7 cm³/mol. The van der Waals surface area contributed by atoms with Crippen LogP contribution in [-0.4, -0.2) is 37.6 Å². The molecule has 2 heterocycles. The van der Waals surface area contributed by atoms with Gasteiger partial charge < -0.3 is 9.32 Å². The molecule has 7 heteroatoms. The second kappa shape index (κ2) is 4.50. The van der Waals surface area contributed by atoms with E-state index in [-0.39, 0.29) is 12.5 Å². The van der Waals surface area contributed by atoms with Gasteiger partial charge in [-0.3, -0.25) is 4.79 Å². The molecule has 2 N–H and O–H groups in total. The fourth-order valence-corrected chi connectivity index (χ4v) is 2.84. The Kier molecular flexibility index (Phi) is 3.21. The first-order chi connectivity index (χ1) is 7.98. The summed E-state index contributed by atoms with van der Waals surface area (Å²) in [6.07, 6.45) is 3.91. The molecule has 6 nitrogen and oxygen atoms in total. The normalized spacial score (nSPS) is 21.5. The molecule has 0 aromatic carbocycles. The molecule has 1 aliphatic heterocycles. The van der Waals surface area contributed by atoms with Gasteiger partial charge >= 0.3 is 0 Å². The Morgan fingerprint density at radius 2 is 2.29 bits per heavy atom. The first-order valence-corrected chi connectivity index (χ1v) is 6.92. The molecular formula is C10H14N2O4S. The third kappa shape index (κ3) is 2.67. The fourth-order valence-electron chi connectivity index (χ4n) is 1.96. The van der Waals surface area contributed by atoms with E-state index in [0.717, 1.165) is 0 Å². The lowest BCUT2D eigenvalue weighted by atomic mass is 10.1. The summed E-state index contributed by atoms with van der Waals surface area (Å²) < 4.78 is 27.4. The number of likely N-dealkylation sites (tertiary alicyclic amines) is 1. The summed E-state index contributed by atoms with van der Waals surface area (Å²) in [5.41, 5.74) is 0.431. The first-order valence-electron chi connectivity index (χ1n) is 5.31. The van der Waals surface area contributed by atoms with Gasteiger partial charge in [-0.2, -0.15) is 0 Å². The zero-order valence-electron chi connectivity index (χ0n) is 9.20. The number of primary sulfonamides is 1. The molecule has 0 spiro atoms. The van der Waals surface area contributed by atoms with Crippen LogP contribution < -0.4 is 5.14 Å². The average molecular weight is 258 g/mol. The minimum atomic E-state index is -3.58. The van der Waals surface area contributed by atoms with Crippen LogP contribution in [-0.2, 0) is 10.0 Å². The third-order valence-corrected chi connectivity index (χ3v) is 4.21. The van der Waals surface area contributed by atoms with Crippen molar-refractivity contribution in [1.29, 1.82) is 0 Å². The molecule has 0 bridgehead atoms. The highest BCUT2D eigenvalue weighted by molar-refractivity contribution is 7.89. The Morgan fingerprint density at radius 3 is 2.88 bits per heavy atom. The van der Waals surface area contributed by atoms with Gasteiger partial charge in [-0.25, -0.2) is 13.6 Å². The van der Waals surface area contributed by atoms with Crippen molar-refractivity contribution < 1.29 is 17.6 Å². The van der Waals surface area contributed by atoms with Gasteiger partial charge in [0, 0.05) is 13.1 Å². The summed E-state index contributed by atoms with van der Waals surface area (Å²) in [4.78, 5) is 13.5. The van der Waals surface area contributed by atoms with Crippen molar-refractivity contribution in [2.75, 3.05) is 13.1 Å². The van der Waals surface area contributed by atoms with Crippen LogP contribution >= 0.6 is 0 Å². The highest BCUT2D eigenvalue weighted by atomic mass is 32.2. The molecular weight excluding hydrogens is 244 g/mol. The maximum absolute atomic E-state index is 12.0. The third-order valence-electron chi connectivity index (χ3n) is 2.90. The summed E-state index contributed by atoms with van der Waals surface area (Å²) in [5, 5.41) is 4.45. The van der Waals surface area contributed by atoms with E-state index >= 15 is 0 Å². The molecule has 1 atom stereocenters. The Balaban J connectivity index is 2.10. The summed E-state index contributed by atoms with van der Waals surface area (Å²) in [6.45, 7) is 0.707.